The molecule has 0 aliphatic carbocycles. The normalized spacial score (nSPS) is 29.6. The molecule has 3 atom stereocenters. The van der Waals surface area contributed by atoms with Crippen molar-refractivity contribution < 1.29 is 14.3 Å². The van der Waals surface area contributed by atoms with Crippen molar-refractivity contribution >= 4 is 17.6 Å². The predicted molar refractivity (Wildman–Crippen MR) is 63.6 cm³/mol. The average Bonchev–Trinajstić information content (AvgIpc) is 3.00. The largest absolute Gasteiger partial charge is 0.465 e. The summed E-state index contributed by atoms with van der Waals surface area (Å²) in [5.41, 5.74) is 0.201. The third-order valence-corrected chi connectivity index (χ3v) is 3.89. The van der Waals surface area contributed by atoms with Crippen LogP contribution in [0.2, 0.25) is 5.15 Å². The zero-order valence-electron chi connectivity index (χ0n) is 9.93. The van der Waals surface area contributed by atoms with Crippen molar-refractivity contribution in [3.8, 4) is 0 Å². The number of rotatable bonds is 2. The van der Waals surface area contributed by atoms with Crippen molar-refractivity contribution in [2.75, 3.05) is 7.11 Å². The summed E-state index contributed by atoms with van der Waals surface area (Å²) in [5.74, 6) is 0.351. The SMILES string of the molecule is COC(=O)c1cnc(C2CC3CCC2O3)nc1Cl. The highest BCUT2D eigenvalue weighted by molar-refractivity contribution is 6.32. The third kappa shape index (κ3) is 1.87. The molecule has 0 aromatic carbocycles. The number of nitrogens with zero attached hydrogens (tertiary/aromatic N) is 2. The topological polar surface area (TPSA) is 61.3 Å². The van der Waals surface area contributed by atoms with E-state index in [0.717, 1.165) is 19.3 Å². The average molecular weight is 269 g/mol. The maximum absolute atomic E-state index is 11.4. The van der Waals surface area contributed by atoms with Crippen LogP contribution in [-0.4, -0.2) is 35.3 Å². The molecule has 3 rings (SSSR count). The Kier molecular flexibility index (Phi) is 2.95. The number of aromatic nitrogens is 2. The van der Waals surface area contributed by atoms with Gasteiger partial charge in [-0.1, -0.05) is 11.6 Å². The summed E-state index contributed by atoms with van der Waals surface area (Å²) in [6, 6.07) is 0. The van der Waals surface area contributed by atoms with E-state index in [-0.39, 0.29) is 22.7 Å². The van der Waals surface area contributed by atoms with Gasteiger partial charge in [-0.2, -0.15) is 0 Å². The molecular formula is C12H13ClN2O3. The minimum absolute atomic E-state index is 0.148. The first kappa shape index (κ1) is 11.9. The number of ether oxygens (including phenoxy) is 2. The van der Waals surface area contributed by atoms with Crippen LogP contribution in [0.1, 0.15) is 41.4 Å². The fourth-order valence-electron chi connectivity index (χ4n) is 2.71. The maximum atomic E-state index is 11.4. The van der Waals surface area contributed by atoms with Gasteiger partial charge in [0.15, 0.2) is 0 Å². The number of carbonyl (C=O) groups is 1. The second-order valence-electron chi connectivity index (χ2n) is 4.64. The van der Waals surface area contributed by atoms with Crippen LogP contribution in [0.15, 0.2) is 6.20 Å². The smallest absolute Gasteiger partial charge is 0.342 e. The van der Waals surface area contributed by atoms with Gasteiger partial charge in [-0.25, -0.2) is 14.8 Å². The molecule has 2 aliphatic rings. The molecule has 0 saturated carbocycles. The predicted octanol–water partition coefficient (Wildman–Crippen LogP) is 1.95. The molecular weight excluding hydrogens is 256 g/mol. The van der Waals surface area contributed by atoms with E-state index in [9.17, 15) is 4.79 Å². The van der Waals surface area contributed by atoms with Gasteiger partial charge in [-0.05, 0) is 19.3 Å². The fourth-order valence-corrected chi connectivity index (χ4v) is 2.92. The van der Waals surface area contributed by atoms with E-state index >= 15 is 0 Å². The van der Waals surface area contributed by atoms with E-state index in [0.29, 0.717) is 11.9 Å². The second kappa shape index (κ2) is 4.48. The summed E-state index contributed by atoms with van der Waals surface area (Å²) in [7, 11) is 1.30. The summed E-state index contributed by atoms with van der Waals surface area (Å²) in [4.78, 5) is 19.8. The molecule has 0 radical (unpaired) electrons. The number of hydrogen-bond acceptors (Lipinski definition) is 5. The molecule has 18 heavy (non-hydrogen) atoms. The molecule has 96 valence electrons. The Labute approximate surface area is 109 Å². The number of halogens is 1. The Balaban J connectivity index is 1.86. The van der Waals surface area contributed by atoms with Crippen LogP contribution in [-0.2, 0) is 9.47 Å². The molecule has 0 amide bonds. The van der Waals surface area contributed by atoms with Crippen molar-refractivity contribution in [3.63, 3.8) is 0 Å². The molecule has 3 unspecified atom stereocenters. The quantitative estimate of drug-likeness (QED) is 0.606. The van der Waals surface area contributed by atoms with Gasteiger partial charge in [-0.3, -0.25) is 0 Å². The van der Waals surface area contributed by atoms with Crippen molar-refractivity contribution in [1.29, 1.82) is 0 Å². The van der Waals surface area contributed by atoms with Gasteiger partial charge in [0.25, 0.3) is 0 Å². The van der Waals surface area contributed by atoms with Crippen LogP contribution in [0.5, 0.6) is 0 Å². The molecule has 0 spiro atoms. The lowest BCUT2D eigenvalue weighted by Crippen LogP contribution is -2.18. The minimum Gasteiger partial charge on any atom is -0.465 e. The highest BCUT2D eigenvalue weighted by Gasteiger charge is 2.43. The van der Waals surface area contributed by atoms with Gasteiger partial charge in [-0.15, -0.1) is 0 Å². The van der Waals surface area contributed by atoms with Crippen molar-refractivity contribution in [3.05, 3.63) is 22.7 Å². The third-order valence-electron chi connectivity index (χ3n) is 3.60. The van der Waals surface area contributed by atoms with Gasteiger partial charge in [0.2, 0.25) is 0 Å². The summed E-state index contributed by atoms with van der Waals surface area (Å²) in [6.45, 7) is 0. The van der Waals surface area contributed by atoms with Crippen molar-refractivity contribution in [2.45, 2.75) is 37.4 Å². The van der Waals surface area contributed by atoms with Crippen LogP contribution < -0.4 is 0 Å². The highest BCUT2D eigenvalue weighted by Crippen LogP contribution is 2.43. The molecule has 1 aromatic rings. The molecule has 6 heteroatoms. The lowest BCUT2D eigenvalue weighted by atomic mass is 9.88. The Morgan fingerprint density at radius 2 is 2.39 bits per heavy atom. The lowest BCUT2D eigenvalue weighted by molar-refractivity contribution is 0.0600. The number of hydrogen-bond donors (Lipinski definition) is 0. The zero-order chi connectivity index (χ0) is 12.7. The standard InChI is InChI=1S/C12H13ClN2O3/c1-17-12(16)8-5-14-11(15-10(8)13)7-4-6-2-3-9(7)18-6/h5-7,9H,2-4H2,1H3. The minimum atomic E-state index is -0.518. The number of fused-ring (bicyclic) bond motifs is 2. The summed E-state index contributed by atoms with van der Waals surface area (Å²) >= 11 is 5.99. The van der Waals surface area contributed by atoms with Crippen LogP contribution in [0.4, 0.5) is 0 Å². The van der Waals surface area contributed by atoms with E-state index in [2.05, 4.69) is 14.7 Å². The molecule has 3 heterocycles. The van der Waals surface area contributed by atoms with Crippen LogP contribution in [0.25, 0.3) is 0 Å². The lowest BCUT2D eigenvalue weighted by Gasteiger charge is -2.17. The first-order valence-electron chi connectivity index (χ1n) is 5.95. The summed E-state index contributed by atoms with van der Waals surface area (Å²) in [6.07, 6.45) is 5.09. The molecule has 2 fully saturated rings. The first-order valence-corrected chi connectivity index (χ1v) is 6.33. The van der Waals surface area contributed by atoms with Gasteiger partial charge >= 0.3 is 5.97 Å². The van der Waals surface area contributed by atoms with Crippen LogP contribution in [0, 0.1) is 0 Å². The van der Waals surface area contributed by atoms with Gasteiger partial charge in [0.1, 0.15) is 16.5 Å². The number of carbonyl (C=O) groups excluding carboxylic acids is 1. The first-order chi connectivity index (χ1) is 8.69. The Bertz CT molecular complexity index is 494. The summed E-state index contributed by atoms with van der Waals surface area (Å²) in [5, 5.41) is 0.148. The van der Waals surface area contributed by atoms with Gasteiger partial charge < -0.3 is 9.47 Å². The maximum Gasteiger partial charge on any atom is 0.342 e. The van der Waals surface area contributed by atoms with Crippen LogP contribution in [0.3, 0.4) is 0 Å². The molecule has 5 nitrogen and oxygen atoms in total. The fraction of sp³-hybridized carbons (Fsp3) is 0.583. The van der Waals surface area contributed by atoms with E-state index in [4.69, 9.17) is 16.3 Å². The number of esters is 1. The molecule has 0 N–H and O–H groups in total. The van der Waals surface area contributed by atoms with E-state index in [1.807, 2.05) is 0 Å². The van der Waals surface area contributed by atoms with Crippen molar-refractivity contribution in [1.82, 2.24) is 9.97 Å². The second-order valence-corrected chi connectivity index (χ2v) is 5.00. The van der Waals surface area contributed by atoms with E-state index in [1.165, 1.54) is 13.3 Å². The van der Waals surface area contributed by atoms with Gasteiger partial charge in [0.05, 0.1) is 19.3 Å². The molecule has 1 aromatic heterocycles. The van der Waals surface area contributed by atoms with Crippen LogP contribution >= 0.6 is 11.6 Å². The van der Waals surface area contributed by atoms with Gasteiger partial charge in [0, 0.05) is 12.1 Å². The molecule has 2 saturated heterocycles. The summed E-state index contributed by atoms with van der Waals surface area (Å²) < 4.78 is 10.4. The van der Waals surface area contributed by atoms with E-state index in [1.54, 1.807) is 0 Å². The Morgan fingerprint density at radius 1 is 1.56 bits per heavy atom. The Morgan fingerprint density at radius 3 is 2.94 bits per heavy atom. The van der Waals surface area contributed by atoms with E-state index < -0.39 is 5.97 Å². The molecule has 2 aliphatic heterocycles. The number of methoxy groups -OCH3 is 1. The molecule has 2 bridgehead atoms. The zero-order valence-corrected chi connectivity index (χ0v) is 10.7. The monoisotopic (exact) mass is 268 g/mol. The highest BCUT2D eigenvalue weighted by atomic mass is 35.5. The van der Waals surface area contributed by atoms with Crippen molar-refractivity contribution in [2.24, 2.45) is 0 Å². The Hall–Kier alpha value is -1.20.